The summed E-state index contributed by atoms with van der Waals surface area (Å²) in [6.07, 6.45) is 14.2. The van der Waals surface area contributed by atoms with Crippen molar-refractivity contribution in [1.29, 1.82) is 0 Å². The average molecular weight is 395 g/mol. The highest BCUT2D eigenvalue weighted by molar-refractivity contribution is 6.62. The van der Waals surface area contributed by atoms with Crippen molar-refractivity contribution in [2.75, 3.05) is 27.2 Å². The van der Waals surface area contributed by atoms with E-state index >= 15 is 0 Å². The minimum atomic E-state index is -2.68. The maximum absolute atomic E-state index is 6.09. The second-order valence-corrected chi connectivity index (χ2v) is 11.3. The van der Waals surface area contributed by atoms with Gasteiger partial charge in [-0.1, -0.05) is 78.6 Å². The molecule has 25 heavy (non-hydrogen) atoms. The van der Waals surface area contributed by atoms with Crippen LogP contribution in [0.25, 0.3) is 0 Å². The van der Waals surface area contributed by atoms with Gasteiger partial charge in [0.05, 0.1) is 0 Å². The van der Waals surface area contributed by atoms with Crippen LogP contribution in [-0.2, 0) is 13.3 Å². The van der Waals surface area contributed by atoms with Gasteiger partial charge in [-0.3, -0.25) is 0 Å². The molecule has 0 radical (unpaired) electrons. The summed E-state index contributed by atoms with van der Waals surface area (Å²) in [6, 6.07) is 0. The highest BCUT2D eigenvalue weighted by atomic mass is 35.5. The first-order chi connectivity index (χ1) is 11.9. The van der Waals surface area contributed by atoms with Crippen LogP contribution in [0.2, 0.25) is 5.54 Å². The predicted molar refractivity (Wildman–Crippen MR) is 111 cm³/mol. The van der Waals surface area contributed by atoms with Crippen molar-refractivity contribution in [1.82, 2.24) is 0 Å². The third-order valence-electron chi connectivity index (χ3n) is 5.55. The molecular formula is C20H43ClO3Si. The molecule has 0 N–H and O–H groups in total. The second-order valence-electron chi connectivity index (χ2n) is 7.81. The molecule has 0 saturated heterocycles. The number of hydrogen-bond acceptors (Lipinski definition) is 3. The lowest BCUT2D eigenvalue weighted by Crippen LogP contribution is -2.52. The van der Waals surface area contributed by atoms with E-state index in [1.807, 2.05) is 0 Å². The summed E-state index contributed by atoms with van der Waals surface area (Å²) in [5, 5.41) is 0. The summed E-state index contributed by atoms with van der Waals surface area (Å²) >= 11 is 6.09. The van der Waals surface area contributed by atoms with Gasteiger partial charge in [0.1, 0.15) is 0 Å². The van der Waals surface area contributed by atoms with Crippen molar-refractivity contribution in [2.45, 2.75) is 96.9 Å². The van der Waals surface area contributed by atoms with Gasteiger partial charge < -0.3 is 13.3 Å². The Morgan fingerprint density at radius 3 is 1.64 bits per heavy atom. The fourth-order valence-electron chi connectivity index (χ4n) is 3.90. The van der Waals surface area contributed by atoms with Gasteiger partial charge in [0.15, 0.2) is 0 Å². The van der Waals surface area contributed by atoms with E-state index in [-0.39, 0.29) is 11.0 Å². The Morgan fingerprint density at radius 1 is 0.800 bits per heavy atom. The quantitative estimate of drug-likeness (QED) is 0.154. The molecule has 5 heteroatoms. The van der Waals surface area contributed by atoms with Crippen LogP contribution in [0, 0.1) is 5.41 Å². The van der Waals surface area contributed by atoms with Crippen LogP contribution in [0.5, 0.6) is 0 Å². The first kappa shape index (κ1) is 25.4. The van der Waals surface area contributed by atoms with E-state index in [4.69, 9.17) is 24.9 Å². The van der Waals surface area contributed by atoms with Gasteiger partial charge in [-0.25, -0.2) is 0 Å². The number of hydrogen-bond donors (Lipinski definition) is 0. The van der Waals surface area contributed by atoms with Gasteiger partial charge >= 0.3 is 8.80 Å². The molecule has 0 aliphatic heterocycles. The zero-order valence-electron chi connectivity index (χ0n) is 17.7. The normalized spacial score (nSPS) is 14.0. The van der Waals surface area contributed by atoms with Crippen molar-refractivity contribution < 1.29 is 13.3 Å². The highest BCUT2D eigenvalue weighted by Gasteiger charge is 2.53. The van der Waals surface area contributed by atoms with E-state index in [1.54, 1.807) is 21.3 Å². The monoisotopic (exact) mass is 394 g/mol. The topological polar surface area (TPSA) is 27.7 Å². The molecule has 0 aliphatic rings. The molecular weight excluding hydrogens is 352 g/mol. The third-order valence-corrected chi connectivity index (χ3v) is 9.40. The van der Waals surface area contributed by atoms with E-state index < -0.39 is 8.80 Å². The maximum atomic E-state index is 6.09. The molecule has 3 nitrogen and oxygen atoms in total. The molecule has 0 aromatic carbocycles. The SMILES string of the molecule is CCCCCCCCCCCC(C)(C)C(CCCl)[Si](OC)(OC)OC. The predicted octanol–water partition coefficient (Wildman–Crippen LogP) is 6.81. The Labute approximate surface area is 163 Å². The van der Waals surface area contributed by atoms with Crippen molar-refractivity contribution in [3.05, 3.63) is 0 Å². The second kappa shape index (κ2) is 14.4. The largest absolute Gasteiger partial charge is 0.504 e. The fraction of sp³-hybridized carbons (Fsp3) is 1.00. The lowest BCUT2D eigenvalue weighted by atomic mass is 9.82. The number of unbranched alkanes of at least 4 members (excludes halogenated alkanes) is 8. The van der Waals surface area contributed by atoms with Gasteiger partial charge in [0.25, 0.3) is 0 Å². The first-order valence-electron chi connectivity index (χ1n) is 10.2. The van der Waals surface area contributed by atoms with Crippen LogP contribution in [0.1, 0.15) is 91.4 Å². The van der Waals surface area contributed by atoms with Crippen LogP contribution >= 0.6 is 11.6 Å². The summed E-state index contributed by atoms with van der Waals surface area (Å²) in [7, 11) is 2.43. The molecule has 0 spiro atoms. The van der Waals surface area contributed by atoms with Crippen molar-refractivity contribution in [3.8, 4) is 0 Å². The van der Waals surface area contributed by atoms with Crippen molar-refractivity contribution in [3.63, 3.8) is 0 Å². The third kappa shape index (κ3) is 9.23. The average Bonchev–Trinajstić information content (AvgIpc) is 2.61. The van der Waals surface area contributed by atoms with Crippen LogP contribution in [0.15, 0.2) is 0 Å². The zero-order chi connectivity index (χ0) is 19.2. The number of rotatable bonds is 17. The van der Waals surface area contributed by atoms with Crippen LogP contribution in [0.4, 0.5) is 0 Å². The standard InChI is InChI=1S/C20H43ClO3Si/c1-7-8-9-10-11-12-13-14-15-17-20(2,3)19(16-18-21)25(22-4,23-5)24-6/h19H,7-18H2,1-6H3. The summed E-state index contributed by atoms with van der Waals surface area (Å²) in [4.78, 5) is 0. The van der Waals surface area contributed by atoms with Gasteiger partial charge in [0, 0.05) is 32.8 Å². The van der Waals surface area contributed by atoms with Gasteiger partial charge in [0.2, 0.25) is 0 Å². The first-order valence-corrected chi connectivity index (χ1v) is 12.5. The van der Waals surface area contributed by atoms with Crippen molar-refractivity contribution >= 4 is 20.4 Å². The molecule has 0 bridgehead atoms. The molecule has 0 saturated carbocycles. The van der Waals surface area contributed by atoms with E-state index in [0.717, 1.165) is 12.8 Å². The molecule has 152 valence electrons. The van der Waals surface area contributed by atoms with Gasteiger partial charge in [-0.05, 0) is 18.3 Å². The maximum Gasteiger partial charge on any atom is 0.504 e. The van der Waals surface area contributed by atoms with Gasteiger partial charge in [-0.15, -0.1) is 11.6 Å². The number of halogens is 1. The summed E-state index contributed by atoms with van der Waals surface area (Å²) < 4.78 is 17.3. The Hall–Kier alpha value is 0.387. The van der Waals surface area contributed by atoms with Crippen LogP contribution in [0.3, 0.4) is 0 Å². The van der Waals surface area contributed by atoms with Gasteiger partial charge in [-0.2, -0.15) is 0 Å². The Balaban J connectivity index is 4.36. The Bertz CT molecular complexity index is 301. The Morgan fingerprint density at radius 2 is 1.24 bits per heavy atom. The van der Waals surface area contributed by atoms with E-state index in [2.05, 4.69) is 20.8 Å². The van der Waals surface area contributed by atoms with Crippen LogP contribution in [-0.4, -0.2) is 36.0 Å². The van der Waals surface area contributed by atoms with Crippen LogP contribution < -0.4 is 0 Å². The molecule has 0 aliphatic carbocycles. The fourth-order valence-corrected chi connectivity index (χ4v) is 7.25. The molecule has 1 atom stereocenters. The lowest BCUT2D eigenvalue weighted by molar-refractivity contribution is 0.0835. The minimum absolute atomic E-state index is 0.101. The summed E-state index contributed by atoms with van der Waals surface area (Å²) in [5.41, 5.74) is 0.330. The van der Waals surface area contributed by atoms with E-state index in [0.29, 0.717) is 5.88 Å². The van der Waals surface area contributed by atoms with E-state index in [9.17, 15) is 0 Å². The molecule has 0 amide bonds. The minimum Gasteiger partial charge on any atom is -0.377 e. The molecule has 1 unspecified atom stereocenters. The molecule has 0 aromatic heterocycles. The Kier molecular flexibility index (Phi) is 14.7. The van der Waals surface area contributed by atoms with Crippen molar-refractivity contribution in [2.24, 2.45) is 5.41 Å². The molecule has 0 aromatic rings. The smallest absolute Gasteiger partial charge is 0.377 e. The molecule has 0 rings (SSSR count). The van der Waals surface area contributed by atoms with E-state index in [1.165, 1.54) is 57.8 Å². The molecule has 0 fully saturated rings. The number of alkyl halides is 1. The summed E-state index contributed by atoms with van der Waals surface area (Å²) in [5.74, 6) is 0.608. The summed E-state index contributed by atoms with van der Waals surface area (Å²) in [6.45, 7) is 6.90. The lowest BCUT2D eigenvalue weighted by Gasteiger charge is -2.42. The molecule has 0 heterocycles. The zero-order valence-corrected chi connectivity index (χ0v) is 19.4. The highest BCUT2D eigenvalue weighted by Crippen LogP contribution is 2.46.